The van der Waals surface area contributed by atoms with Gasteiger partial charge >= 0.3 is 0 Å². The lowest BCUT2D eigenvalue weighted by molar-refractivity contribution is -0.111. The van der Waals surface area contributed by atoms with Crippen molar-refractivity contribution in [2.75, 3.05) is 5.32 Å². The number of hydrogen-bond donors (Lipinski definition) is 1. The third kappa shape index (κ3) is 2.55. The summed E-state index contributed by atoms with van der Waals surface area (Å²) in [6.07, 6.45) is 5.23. The van der Waals surface area contributed by atoms with Crippen LogP contribution in [0.25, 0.3) is 17.0 Å². The zero-order chi connectivity index (χ0) is 14.8. The molecule has 106 valence electrons. The van der Waals surface area contributed by atoms with Gasteiger partial charge in [-0.3, -0.25) is 4.79 Å². The predicted octanol–water partition coefficient (Wildman–Crippen LogP) is 2.52. The molecule has 6 heteroatoms. The SMILES string of the molecule is Cc1nonc1NC(=O)C=Cc1cn(C)c2ccccc12. The molecule has 1 N–H and O–H groups in total. The first-order chi connectivity index (χ1) is 10.1. The van der Waals surface area contributed by atoms with Gasteiger partial charge in [-0.15, -0.1) is 0 Å². The molecule has 6 nitrogen and oxygen atoms in total. The van der Waals surface area contributed by atoms with Gasteiger partial charge in [-0.2, -0.15) is 0 Å². The lowest BCUT2D eigenvalue weighted by Gasteiger charge is -1.95. The number of aromatic nitrogens is 3. The molecule has 0 radical (unpaired) electrons. The van der Waals surface area contributed by atoms with Crippen LogP contribution in [0.3, 0.4) is 0 Å². The Morgan fingerprint density at radius 2 is 2.14 bits per heavy atom. The normalized spacial score (nSPS) is 11.3. The molecule has 0 spiro atoms. The zero-order valence-electron chi connectivity index (χ0n) is 11.7. The van der Waals surface area contributed by atoms with Gasteiger partial charge in [0.15, 0.2) is 0 Å². The average molecular weight is 282 g/mol. The number of carbonyl (C=O) groups is 1. The highest BCUT2D eigenvalue weighted by molar-refractivity contribution is 6.03. The van der Waals surface area contributed by atoms with Crippen LogP contribution in [0.4, 0.5) is 5.82 Å². The second-order valence-corrected chi connectivity index (χ2v) is 4.73. The lowest BCUT2D eigenvalue weighted by atomic mass is 10.1. The maximum atomic E-state index is 11.9. The lowest BCUT2D eigenvalue weighted by Crippen LogP contribution is -2.08. The van der Waals surface area contributed by atoms with Crippen LogP contribution in [0.15, 0.2) is 41.2 Å². The minimum absolute atomic E-state index is 0.276. The Bertz CT molecular complexity index is 829. The second-order valence-electron chi connectivity index (χ2n) is 4.73. The van der Waals surface area contributed by atoms with Gasteiger partial charge in [0, 0.05) is 35.8 Å². The fraction of sp³-hybridized carbons (Fsp3) is 0.133. The van der Waals surface area contributed by atoms with Crippen molar-refractivity contribution < 1.29 is 9.42 Å². The molecule has 0 saturated carbocycles. The van der Waals surface area contributed by atoms with Gasteiger partial charge in [0.2, 0.25) is 11.7 Å². The first-order valence-electron chi connectivity index (χ1n) is 6.47. The molecule has 0 fully saturated rings. The molecular formula is C15H14N4O2. The van der Waals surface area contributed by atoms with Gasteiger partial charge in [0.1, 0.15) is 5.69 Å². The zero-order valence-corrected chi connectivity index (χ0v) is 11.7. The summed E-state index contributed by atoms with van der Waals surface area (Å²) in [5.41, 5.74) is 2.65. The molecule has 1 aromatic carbocycles. The number of carbonyl (C=O) groups excluding carboxylic acids is 1. The van der Waals surface area contributed by atoms with Crippen molar-refractivity contribution in [2.45, 2.75) is 6.92 Å². The number of fused-ring (bicyclic) bond motifs is 1. The number of aryl methyl sites for hydroxylation is 2. The quantitative estimate of drug-likeness (QED) is 0.749. The van der Waals surface area contributed by atoms with Gasteiger partial charge in [0.25, 0.3) is 0 Å². The number of anilines is 1. The van der Waals surface area contributed by atoms with Crippen LogP contribution < -0.4 is 5.32 Å². The van der Waals surface area contributed by atoms with Gasteiger partial charge in [-0.25, -0.2) is 4.63 Å². The molecule has 0 aliphatic rings. The first-order valence-corrected chi connectivity index (χ1v) is 6.47. The molecule has 0 saturated heterocycles. The molecule has 0 aliphatic carbocycles. The Morgan fingerprint density at radius 1 is 1.33 bits per heavy atom. The van der Waals surface area contributed by atoms with Crippen LogP contribution in [0.2, 0.25) is 0 Å². The molecule has 2 heterocycles. The Balaban J connectivity index is 1.82. The first kappa shape index (κ1) is 13.1. The maximum absolute atomic E-state index is 11.9. The van der Waals surface area contributed by atoms with Crippen molar-refractivity contribution in [3.8, 4) is 0 Å². The molecular weight excluding hydrogens is 268 g/mol. The van der Waals surface area contributed by atoms with Crippen molar-refractivity contribution in [3.05, 3.63) is 47.8 Å². The van der Waals surface area contributed by atoms with Gasteiger partial charge in [-0.05, 0) is 24.2 Å². The van der Waals surface area contributed by atoms with Crippen molar-refractivity contribution in [1.82, 2.24) is 14.9 Å². The van der Waals surface area contributed by atoms with E-state index in [2.05, 4.69) is 20.3 Å². The highest BCUT2D eigenvalue weighted by Crippen LogP contribution is 2.21. The van der Waals surface area contributed by atoms with Crippen molar-refractivity contribution in [2.24, 2.45) is 7.05 Å². The van der Waals surface area contributed by atoms with E-state index in [1.54, 1.807) is 13.0 Å². The number of amides is 1. The fourth-order valence-electron chi connectivity index (χ4n) is 2.17. The van der Waals surface area contributed by atoms with E-state index in [0.29, 0.717) is 11.5 Å². The van der Waals surface area contributed by atoms with Crippen molar-refractivity contribution >= 4 is 28.7 Å². The summed E-state index contributed by atoms with van der Waals surface area (Å²) in [4.78, 5) is 11.9. The number of benzene rings is 1. The minimum atomic E-state index is -0.276. The fourth-order valence-corrected chi connectivity index (χ4v) is 2.17. The average Bonchev–Trinajstić information content (AvgIpc) is 3.02. The molecule has 0 unspecified atom stereocenters. The summed E-state index contributed by atoms with van der Waals surface area (Å²) >= 11 is 0. The summed E-state index contributed by atoms with van der Waals surface area (Å²) in [6, 6.07) is 8.03. The summed E-state index contributed by atoms with van der Waals surface area (Å²) in [5.74, 6) is 0.0595. The molecule has 2 aromatic heterocycles. The highest BCUT2D eigenvalue weighted by Gasteiger charge is 2.08. The summed E-state index contributed by atoms with van der Waals surface area (Å²) in [5, 5.41) is 10.9. The van der Waals surface area contributed by atoms with Crippen LogP contribution in [0, 0.1) is 6.92 Å². The van der Waals surface area contributed by atoms with Crippen molar-refractivity contribution in [1.29, 1.82) is 0 Å². The van der Waals surface area contributed by atoms with E-state index in [1.807, 2.05) is 42.1 Å². The van der Waals surface area contributed by atoms with Crippen LogP contribution >= 0.6 is 0 Å². The van der Waals surface area contributed by atoms with Crippen LogP contribution in [0.1, 0.15) is 11.3 Å². The van der Waals surface area contributed by atoms with E-state index >= 15 is 0 Å². The molecule has 3 rings (SSSR count). The molecule has 0 atom stereocenters. The van der Waals surface area contributed by atoms with Gasteiger partial charge in [-0.1, -0.05) is 23.4 Å². The standard InChI is InChI=1S/C15H14N4O2/c1-10-15(18-21-17-10)16-14(20)8-7-11-9-19(2)13-6-4-3-5-12(11)13/h3-9H,1-2H3,(H,16,18,20). The third-order valence-corrected chi connectivity index (χ3v) is 3.24. The Morgan fingerprint density at radius 3 is 2.90 bits per heavy atom. The van der Waals surface area contributed by atoms with E-state index in [0.717, 1.165) is 16.5 Å². The maximum Gasteiger partial charge on any atom is 0.249 e. The van der Waals surface area contributed by atoms with Crippen LogP contribution in [-0.4, -0.2) is 20.8 Å². The van der Waals surface area contributed by atoms with E-state index in [1.165, 1.54) is 6.08 Å². The van der Waals surface area contributed by atoms with Crippen molar-refractivity contribution in [3.63, 3.8) is 0 Å². The third-order valence-electron chi connectivity index (χ3n) is 3.24. The number of nitrogens with zero attached hydrogens (tertiary/aromatic N) is 3. The Hall–Kier alpha value is -2.89. The summed E-state index contributed by atoms with van der Waals surface area (Å²) in [7, 11) is 1.98. The van der Waals surface area contributed by atoms with Gasteiger partial charge in [0.05, 0.1) is 0 Å². The Labute approximate surface area is 121 Å². The molecule has 1 amide bonds. The molecule has 0 bridgehead atoms. The predicted molar refractivity (Wildman–Crippen MR) is 79.6 cm³/mol. The number of nitrogens with one attached hydrogen (secondary N) is 1. The number of rotatable bonds is 3. The van der Waals surface area contributed by atoms with Gasteiger partial charge < -0.3 is 9.88 Å². The highest BCUT2D eigenvalue weighted by atomic mass is 16.6. The Kier molecular flexibility index (Phi) is 3.27. The second kappa shape index (κ2) is 5.24. The molecule has 3 aromatic rings. The number of hydrogen-bond acceptors (Lipinski definition) is 4. The summed E-state index contributed by atoms with van der Waals surface area (Å²) in [6.45, 7) is 1.71. The minimum Gasteiger partial charge on any atom is -0.350 e. The molecule has 0 aliphatic heterocycles. The largest absolute Gasteiger partial charge is 0.350 e. The molecule has 21 heavy (non-hydrogen) atoms. The monoisotopic (exact) mass is 282 g/mol. The van der Waals surface area contributed by atoms with E-state index < -0.39 is 0 Å². The van der Waals surface area contributed by atoms with E-state index in [9.17, 15) is 4.79 Å². The van der Waals surface area contributed by atoms with Crippen LogP contribution in [0.5, 0.6) is 0 Å². The topological polar surface area (TPSA) is 73.0 Å². The summed E-state index contributed by atoms with van der Waals surface area (Å²) < 4.78 is 6.55. The van der Waals surface area contributed by atoms with Crippen LogP contribution in [-0.2, 0) is 11.8 Å². The number of para-hydroxylation sites is 1. The van der Waals surface area contributed by atoms with E-state index in [-0.39, 0.29) is 5.91 Å². The van der Waals surface area contributed by atoms with E-state index in [4.69, 9.17) is 0 Å². The smallest absolute Gasteiger partial charge is 0.249 e.